The van der Waals surface area contributed by atoms with E-state index in [-0.39, 0.29) is 22.9 Å². The molecule has 0 saturated heterocycles. The number of carbonyl (C=O) groups is 1. The molecule has 2 nitrogen and oxygen atoms in total. The molecule has 3 heteroatoms. The monoisotopic (exact) mass is 227 g/mol. The van der Waals surface area contributed by atoms with Gasteiger partial charge in [0.05, 0.1) is 0 Å². The Labute approximate surface area is 65.3 Å². The predicted octanol–water partition coefficient (Wildman–Crippen LogP) is 0.871. The summed E-state index contributed by atoms with van der Waals surface area (Å²) in [5.74, 6) is -0.675. The molecule has 0 aromatic carbocycles. The Morgan fingerprint density at radius 2 is 2.67 bits per heavy atom. The van der Waals surface area contributed by atoms with Crippen LogP contribution in [0.5, 0.6) is 0 Å². The Bertz CT molecular complexity index is 151. The quantitative estimate of drug-likeness (QED) is 0.759. The molecular weight excluding hydrogens is 219 g/mol. The second kappa shape index (κ2) is 3.30. The molecule has 0 aromatic heterocycles. The summed E-state index contributed by atoms with van der Waals surface area (Å²) in [5.41, 5.74) is 1.18. The third kappa shape index (κ3) is 2.43. The molecular formula is C6H8InO2. The molecule has 0 unspecified atom stereocenters. The second-order valence-electron chi connectivity index (χ2n) is 2.17. The summed E-state index contributed by atoms with van der Waals surface area (Å²) in [6, 6.07) is 0. The van der Waals surface area contributed by atoms with Crippen LogP contribution in [0.15, 0.2) is 9.41 Å². The van der Waals surface area contributed by atoms with Crippen LogP contribution in [0, 0.1) is 0 Å². The van der Waals surface area contributed by atoms with E-state index in [2.05, 4.69) is 3.83 Å². The zero-order valence-corrected chi connectivity index (χ0v) is 8.43. The predicted molar refractivity (Wildman–Crippen MR) is 35.5 cm³/mol. The van der Waals surface area contributed by atoms with Crippen molar-refractivity contribution in [1.82, 2.24) is 0 Å². The molecule has 1 aliphatic heterocycles. The van der Waals surface area contributed by atoms with E-state index >= 15 is 0 Å². The van der Waals surface area contributed by atoms with E-state index < -0.39 is 5.97 Å². The third-order valence-corrected chi connectivity index (χ3v) is 5.16. The van der Waals surface area contributed by atoms with Crippen LogP contribution >= 0.6 is 0 Å². The van der Waals surface area contributed by atoms with Gasteiger partial charge in [0.1, 0.15) is 0 Å². The molecule has 9 heavy (non-hydrogen) atoms. The zero-order valence-electron chi connectivity index (χ0n) is 5.13. The van der Waals surface area contributed by atoms with E-state index in [4.69, 9.17) is 5.11 Å². The fourth-order valence-electron chi connectivity index (χ4n) is 0.944. The first-order valence-electron chi connectivity index (χ1n) is 3.02. The molecule has 1 rings (SSSR count). The fourth-order valence-corrected chi connectivity index (χ4v) is 4.72. The second-order valence-corrected chi connectivity index (χ2v) is 6.11. The maximum absolute atomic E-state index is 10.1. The number of carboxylic acids is 1. The van der Waals surface area contributed by atoms with Gasteiger partial charge >= 0.3 is 65.2 Å². The molecule has 0 bridgehead atoms. The molecule has 0 fully saturated rings. The molecule has 1 aliphatic rings. The van der Waals surface area contributed by atoms with Gasteiger partial charge in [-0.1, -0.05) is 0 Å². The first-order chi connectivity index (χ1) is 4.29. The summed E-state index contributed by atoms with van der Waals surface area (Å²) in [5, 5.41) is 8.35. The Morgan fingerprint density at radius 1 is 1.89 bits per heavy atom. The maximum atomic E-state index is 10.1. The topological polar surface area (TPSA) is 37.3 Å². The molecule has 0 amide bonds. The average Bonchev–Trinajstić information content (AvgIpc) is 2.15. The number of rotatable bonds is 2. The summed E-state index contributed by atoms with van der Waals surface area (Å²) in [7, 11) is 0. The summed E-state index contributed by atoms with van der Waals surface area (Å²) in [6.07, 6.45) is 1.37. The van der Waals surface area contributed by atoms with E-state index in [1.807, 2.05) is 0 Å². The van der Waals surface area contributed by atoms with Crippen molar-refractivity contribution in [1.29, 1.82) is 0 Å². The molecule has 0 spiro atoms. The summed E-state index contributed by atoms with van der Waals surface area (Å²) >= 11 is -0.357. The standard InChI is InChI=1S/C6H8O2.In/c1-3-5(2)4-6(7)8;/h2H,1,3-4H2,(H,7,8);. The van der Waals surface area contributed by atoms with Crippen molar-refractivity contribution >= 4 is 28.9 Å². The van der Waals surface area contributed by atoms with E-state index in [0.29, 0.717) is 6.42 Å². The normalized spacial score (nSPS) is 16.7. The van der Waals surface area contributed by atoms with Gasteiger partial charge in [0.2, 0.25) is 0 Å². The van der Waals surface area contributed by atoms with Crippen molar-refractivity contribution in [2.75, 3.05) is 0 Å². The van der Waals surface area contributed by atoms with Crippen LogP contribution in [0.2, 0.25) is 4.18 Å². The van der Waals surface area contributed by atoms with Crippen LogP contribution in [0.25, 0.3) is 0 Å². The van der Waals surface area contributed by atoms with E-state index in [0.717, 1.165) is 6.42 Å². The van der Waals surface area contributed by atoms with Crippen molar-refractivity contribution in [3.8, 4) is 0 Å². The van der Waals surface area contributed by atoms with Crippen LogP contribution < -0.4 is 0 Å². The fraction of sp³-hybridized carbons (Fsp3) is 0.500. The van der Waals surface area contributed by atoms with E-state index in [9.17, 15) is 4.79 Å². The first-order valence-corrected chi connectivity index (χ1v) is 7.25. The van der Waals surface area contributed by atoms with Crippen LogP contribution in [-0.2, 0) is 4.79 Å². The molecule has 1 heterocycles. The van der Waals surface area contributed by atoms with Crippen molar-refractivity contribution in [3.63, 3.8) is 0 Å². The van der Waals surface area contributed by atoms with Crippen LogP contribution in [0.4, 0.5) is 0 Å². The number of hydrogen-bond acceptors (Lipinski definition) is 1. The van der Waals surface area contributed by atoms with Gasteiger partial charge in [-0.25, -0.2) is 0 Å². The summed E-state index contributed by atoms with van der Waals surface area (Å²) in [6.45, 7) is 0. The molecule has 1 radical (unpaired) electrons. The molecule has 1 N–H and O–H groups in total. The minimum absolute atomic E-state index is 0.297. The number of carboxylic acid groups (broad SMARTS) is 1. The van der Waals surface area contributed by atoms with Gasteiger partial charge in [-0.15, -0.1) is 0 Å². The minimum atomic E-state index is -0.675. The Morgan fingerprint density at radius 3 is 3.11 bits per heavy atom. The molecule has 0 saturated carbocycles. The molecule has 0 atom stereocenters. The Balaban J connectivity index is 2.35. The summed E-state index contributed by atoms with van der Waals surface area (Å²) in [4.78, 5) is 10.1. The van der Waals surface area contributed by atoms with Crippen LogP contribution in [0.1, 0.15) is 12.8 Å². The van der Waals surface area contributed by atoms with Crippen molar-refractivity contribution in [2.45, 2.75) is 17.0 Å². The van der Waals surface area contributed by atoms with Crippen molar-refractivity contribution in [3.05, 3.63) is 9.41 Å². The molecule has 0 aromatic rings. The van der Waals surface area contributed by atoms with Crippen molar-refractivity contribution in [2.24, 2.45) is 0 Å². The van der Waals surface area contributed by atoms with Gasteiger partial charge in [0, 0.05) is 0 Å². The van der Waals surface area contributed by atoms with Gasteiger partial charge in [0.25, 0.3) is 0 Å². The Kier molecular flexibility index (Phi) is 2.64. The van der Waals surface area contributed by atoms with Crippen LogP contribution in [0.3, 0.4) is 0 Å². The van der Waals surface area contributed by atoms with E-state index in [1.165, 1.54) is 9.75 Å². The van der Waals surface area contributed by atoms with Crippen LogP contribution in [-0.4, -0.2) is 34.0 Å². The Hall–Kier alpha value is 0.0801. The summed E-state index contributed by atoms with van der Waals surface area (Å²) < 4.78 is 3.56. The number of aliphatic carboxylic acids is 1. The SMILES string of the molecule is O=C(O)CC1=[CH][In][CH2]C1. The molecule has 47 valence electrons. The van der Waals surface area contributed by atoms with Crippen molar-refractivity contribution < 1.29 is 9.90 Å². The van der Waals surface area contributed by atoms with Gasteiger partial charge in [-0.2, -0.15) is 0 Å². The zero-order chi connectivity index (χ0) is 6.69. The average molecular weight is 227 g/mol. The van der Waals surface area contributed by atoms with Gasteiger partial charge < -0.3 is 0 Å². The number of hydrogen-bond donors (Lipinski definition) is 1. The van der Waals surface area contributed by atoms with Gasteiger partial charge in [0.15, 0.2) is 0 Å². The van der Waals surface area contributed by atoms with Gasteiger partial charge in [-0.05, 0) is 0 Å². The first kappa shape index (κ1) is 7.19. The van der Waals surface area contributed by atoms with E-state index in [1.54, 1.807) is 0 Å². The molecule has 0 aliphatic carbocycles. The van der Waals surface area contributed by atoms with Gasteiger partial charge in [-0.3, -0.25) is 0 Å². The third-order valence-electron chi connectivity index (χ3n) is 1.36.